The number of hydrogen-bond donors (Lipinski definition) is 4. The van der Waals surface area contributed by atoms with E-state index in [2.05, 4.69) is 22.2 Å². The molecule has 0 bridgehead atoms. The standard InChI is InChI=1S/C28H40N4O8/c1-2-3-4-5-6-7-8-9-10-11-17-39-27(37)20-14-12-13-19(29-20)25(36)30-22-15-16-32(28(38)31-22)26-24(35)23(34)21(18-33)40-26/h12-16,21,23-24,26,33-35H,2-11,17-18H2,1H3,(H,30,31,36,38)/t21-,23-,24+,26-/m1/s1. The van der Waals surface area contributed by atoms with Crippen molar-refractivity contribution >= 4 is 17.7 Å². The number of pyridine rings is 1. The Hall–Kier alpha value is -3.19. The molecule has 0 radical (unpaired) electrons. The van der Waals surface area contributed by atoms with E-state index in [1.54, 1.807) is 0 Å². The third kappa shape index (κ3) is 8.91. The molecule has 2 aromatic heterocycles. The zero-order valence-corrected chi connectivity index (χ0v) is 22.9. The molecule has 0 aromatic carbocycles. The highest BCUT2D eigenvalue weighted by atomic mass is 16.6. The zero-order chi connectivity index (χ0) is 28.9. The number of aromatic nitrogens is 3. The van der Waals surface area contributed by atoms with Gasteiger partial charge in [-0.3, -0.25) is 9.36 Å². The molecule has 0 saturated carbocycles. The molecule has 12 nitrogen and oxygen atoms in total. The molecule has 40 heavy (non-hydrogen) atoms. The van der Waals surface area contributed by atoms with E-state index in [9.17, 15) is 29.7 Å². The molecule has 1 amide bonds. The summed E-state index contributed by atoms with van der Waals surface area (Å²) in [5.41, 5.74) is -0.930. The summed E-state index contributed by atoms with van der Waals surface area (Å²) >= 11 is 0. The summed E-state index contributed by atoms with van der Waals surface area (Å²) in [5.74, 6) is -1.40. The second-order valence-electron chi connectivity index (χ2n) is 9.91. The number of aliphatic hydroxyl groups excluding tert-OH is 3. The smallest absolute Gasteiger partial charge is 0.356 e. The summed E-state index contributed by atoms with van der Waals surface area (Å²) in [6.07, 6.45) is 7.86. The van der Waals surface area contributed by atoms with E-state index in [1.165, 1.54) is 75.4 Å². The van der Waals surface area contributed by atoms with E-state index in [1.807, 2.05) is 0 Å². The molecule has 220 valence electrons. The number of anilines is 1. The van der Waals surface area contributed by atoms with Crippen LogP contribution >= 0.6 is 0 Å². The van der Waals surface area contributed by atoms with Gasteiger partial charge in [-0.15, -0.1) is 0 Å². The molecule has 4 N–H and O–H groups in total. The van der Waals surface area contributed by atoms with Crippen molar-refractivity contribution in [3.05, 3.63) is 52.3 Å². The van der Waals surface area contributed by atoms with Gasteiger partial charge in [0, 0.05) is 6.20 Å². The lowest BCUT2D eigenvalue weighted by molar-refractivity contribution is -0.0549. The maximum Gasteiger partial charge on any atom is 0.356 e. The Balaban J connectivity index is 1.45. The number of nitrogens with one attached hydrogen (secondary N) is 1. The van der Waals surface area contributed by atoms with Gasteiger partial charge in [-0.05, 0) is 24.6 Å². The predicted octanol–water partition coefficient (Wildman–Crippen LogP) is 2.58. The molecule has 1 aliphatic rings. The van der Waals surface area contributed by atoms with E-state index in [-0.39, 0.29) is 23.8 Å². The van der Waals surface area contributed by atoms with Crippen LogP contribution in [-0.4, -0.2) is 73.3 Å². The van der Waals surface area contributed by atoms with Crippen LogP contribution in [-0.2, 0) is 9.47 Å². The number of nitrogens with zero attached hydrogens (tertiary/aromatic N) is 3. The fourth-order valence-electron chi connectivity index (χ4n) is 4.47. The number of carbonyl (C=O) groups excluding carboxylic acids is 2. The van der Waals surface area contributed by atoms with Crippen molar-refractivity contribution in [2.24, 2.45) is 0 Å². The fraction of sp³-hybridized carbons (Fsp3) is 0.607. The molecule has 3 rings (SSSR count). The highest BCUT2D eigenvalue weighted by molar-refractivity contribution is 6.03. The van der Waals surface area contributed by atoms with E-state index < -0.39 is 48.7 Å². The summed E-state index contributed by atoms with van der Waals surface area (Å²) < 4.78 is 11.6. The summed E-state index contributed by atoms with van der Waals surface area (Å²) in [4.78, 5) is 45.4. The first kappa shape index (κ1) is 31.3. The summed E-state index contributed by atoms with van der Waals surface area (Å²) in [6, 6.07) is 5.68. The Morgan fingerprint density at radius 2 is 1.60 bits per heavy atom. The second kappa shape index (κ2) is 16.2. The van der Waals surface area contributed by atoms with Gasteiger partial charge in [0.05, 0.1) is 13.2 Å². The Morgan fingerprint density at radius 3 is 2.23 bits per heavy atom. The van der Waals surface area contributed by atoms with Crippen LogP contribution in [0.5, 0.6) is 0 Å². The predicted molar refractivity (Wildman–Crippen MR) is 146 cm³/mol. The summed E-state index contributed by atoms with van der Waals surface area (Å²) in [7, 11) is 0. The number of rotatable bonds is 16. The van der Waals surface area contributed by atoms with Gasteiger partial charge in [0.15, 0.2) is 6.23 Å². The minimum atomic E-state index is -1.45. The van der Waals surface area contributed by atoms with Crippen LogP contribution in [0.3, 0.4) is 0 Å². The zero-order valence-electron chi connectivity index (χ0n) is 22.9. The highest BCUT2D eigenvalue weighted by Gasteiger charge is 2.43. The third-order valence-electron chi connectivity index (χ3n) is 6.78. The number of aliphatic hydroxyl groups is 3. The van der Waals surface area contributed by atoms with Crippen LogP contribution in [0.25, 0.3) is 0 Å². The van der Waals surface area contributed by atoms with Gasteiger partial charge < -0.3 is 30.1 Å². The Morgan fingerprint density at radius 1 is 0.950 bits per heavy atom. The van der Waals surface area contributed by atoms with Gasteiger partial charge in [0.1, 0.15) is 35.5 Å². The van der Waals surface area contributed by atoms with Gasteiger partial charge >= 0.3 is 11.7 Å². The molecule has 1 fully saturated rings. The van der Waals surface area contributed by atoms with Crippen molar-refractivity contribution in [2.45, 2.75) is 95.7 Å². The highest BCUT2D eigenvalue weighted by Crippen LogP contribution is 2.28. The normalized spacial score (nSPS) is 20.4. The van der Waals surface area contributed by atoms with Crippen molar-refractivity contribution in [3.8, 4) is 0 Å². The van der Waals surface area contributed by atoms with Crippen molar-refractivity contribution in [1.82, 2.24) is 14.5 Å². The number of esters is 1. The number of ether oxygens (including phenoxy) is 2. The van der Waals surface area contributed by atoms with Crippen molar-refractivity contribution in [3.63, 3.8) is 0 Å². The first-order valence-electron chi connectivity index (χ1n) is 14.0. The first-order valence-corrected chi connectivity index (χ1v) is 14.0. The summed E-state index contributed by atoms with van der Waals surface area (Å²) in [5, 5.41) is 31.7. The maximum atomic E-state index is 12.7. The van der Waals surface area contributed by atoms with Crippen LogP contribution in [0.2, 0.25) is 0 Å². The van der Waals surface area contributed by atoms with Gasteiger partial charge in [-0.25, -0.2) is 14.6 Å². The lowest BCUT2D eigenvalue weighted by Gasteiger charge is -2.17. The molecule has 0 spiro atoms. The molecule has 2 aromatic rings. The summed E-state index contributed by atoms with van der Waals surface area (Å²) in [6.45, 7) is 1.96. The average molecular weight is 561 g/mol. The average Bonchev–Trinajstić information content (AvgIpc) is 3.24. The van der Waals surface area contributed by atoms with E-state index in [0.717, 1.165) is 23.8 Å². The molecule has 0 unspecified atom stereocenters. The number of hydrogen-bond acceptors (Lipinski definition) is 10. The Labute approximate surface area is 233 Å². The van der Waals surface area contributed by atoms with E-state index >= 15 is 0 Å². The van der Waals surface area contributed by atoms with Crippen LogP contribution in [0.4, 0.5) is 5.82 Å². The molecular formula is C28H40N4O8. The second-order valence-corrected chi connectivity index (χ2v) is 9.91. The number of amides is 1. The minimum absolute atomic E-state index is 0.00697. The number of unbranched alkanes of at least 4 members (excludes halogenated alkanes) is 9. The minimum Gasteiger partial charge on any atom is -0.461 e. The van der Waals surface area contributed by atoms with Crippen LogP contribution in [0.1, 0.15) is 98.3 Å². The molecule has 3 heterocycles. The Kier molecular flexibility index (Phi) is 12.7. The molecule has 1 saturated heterocycles. The lowest BCUT2D eigenvalue weighted by atomic mass is 10.1. The molecule has 4 atom stereocenters. The lowest BCUT2D eigenvalue weighted by Crippen LogP contribution is -2.36. The van der Waals surface area contributed by atoms with E-state index in [0.29, 0.717) is 0 Å². The fourth-order valence-corrected chi connectivity index (χ4v) is 4.47. The third-order valence-corrected chi connectivity index (χ3v) is 6.78. The largest absolute Gasteiger partial charge is 0.461 e. The van der Waals surface area contributed by atoms with Crippen molar-refractivity contribution in [2.75, 3.05) is 18.5 Å². The molecule has 0 aliphatic carbocycles. The number of carbonyl (C=O) groups is 2. The van der Waals surface area contributed by atoms with Crippen molar-refractivity contribution < 1.29 is 34.4 Å². The SMILES string of the molecule is CCCCCCCCCCCCOC(=O)c1cccc(C(=O)Nc2ccn([C@@H]3O[C@H](CO)[C@@H](O)[C@@H]3O)c(=O)n2)n1. The first-order chi connectivity index (χ1) is 19.3. The van der Waals surface area contributed by atoms with Gasteiger partial charge in [0.25, 0.3) is 5.91 Å². The molecular weight excluding hydrogens is 520 g/mol. The molecule has 1 aliphatic heterocycles. The van der Waals surface area contributed by atoms with Gasteiger partial charge in [-0.1, -0.05) is 70.8 Å². The van der Waals surface area contributed by atoms with Crippen LogP contribution in [0.15, 0.2) is 35.3 Å². The van der Waals surface area contributed by atoms with Crippen LogP contribution < -0.4 is 11.0 Å². The monoisotopic (exact) mass is 560 g/mol. The quantitative estimate of drug-likeness (QED) is 0.176. The topological polar surface area (TPSA) is 173 Å². The van der Waals surface area contributed by atoms with Gasteiger partial charge in [-0.2, -0.15) is 4.98 Å². The van der Waals surface area contributed by atoms with E-state index in [4.69, 9.17) is 9.47 Å². The maximum absolute atomic E-state index is 12.7. The Bertz CT molecular complexity index is 1160. The van der Waals surface area contributed by atoms with Gasteiger partial charge in [0.2, 0.25) is 0 Å². The van der Waals surface area contributed by atoms with Crippen LogP contribution in [0, 0.1) is 0 Å². The van der Waals surface area contributed by atoms with Crippen molar-refractivity contribution in [1.29, 1.82) is 0 Å². The molecule has 12 heteroatoms.